The fourth-order valence-corrected chi connectivity index (χ4v) is 2.29. The van der Waals surface area contributed by atoms with Gasteiger partial charge in [0.2, 0.25) is 5.91 Å². The van der Waals surface area contributed by atoms with E-state index in [0.29, 0.717) is 13.0 Å². The van der Waals surface area contributed by atoms with E-state index >= 15 is 0 Å². The van der Waals surface area contributed by atoms with Crippen LogP contribution in [0.1, 0.15) is 36.1 Å². The zero-order chi connectivity index (χ0) is 14.4. The molecule has 1 atom stereocenters. The van der Waals surface area contributed by atoms with E-state index in [9.17, 15) is 4.79 Å². The molecule has 106 valence electrons. The monoisotopic (exact) mass is 264 g/mol. The fourth-order valence-electron chi connectivity index (χ4n) is 2.29. The first-order chi connectivity index (χ1) is 8.99. The van der Waals surface area contributed by atoms with Crippen molar-refractivity contribution in [2.45, 2.75) is 33.2 Å². The average Bonchev–Trinajstić information content (AvgIpc) is 2.34. The Balaban J connectivity index is 2.87. The summed E-state index contributed by atoms with van der Waals surface area (Å²) in [6.07, 6.45) is 0.480. The Morgan fingerprint density at radius 2 is 2.05 bits per heavy atom. The maximum Gasteiger partial charge on any atom is 0.221 e. The highest BCUT2D eigenvalue weighted by Gasteiger charge is 2.16. The molecule has 0 bridgehead atoms. The summed E-state index contributed by atoms with van der Waals surface area (Å²) in [4.78, 5) is 11.8. The van der Waals surface area contributed by atoms with Crippen molar-refractivity contribution in [2.24, 2.45) is 0 Å². The molecular formula is C15H24N2O2. The molecule has 2 N–H and O–H groups in total. The molecule has 1 rings (SSSR count). The third-order valence-electron chi connectivity index (χ3n) is 3.13. The minimum atomic E-state index is -0.0556. The molecule has 0 aromatic heterocycles. The Morgan fingerprint density at radius 1 is 1.37 bits per heavy atom. The third-order valence-corrected chi connectivity index (χ3v) is 3.13. The highest BCUT2D eigenvalue weighted by molar-refractivity contribution is 5.76. The van der Waals surface area contributed by atoms with Gasteiger partial charge >= 0.3 is 0 Å². The number of ether oxygens (including phenoxy) is 1. The molecule has 0 spiro atoms. The average molecular weight is 264 g/mol. The SMILES string of the molecule is CNCCC(=O)NC(C)c1c(C)cc(C)cc1OC. The molecule has 19 heavy (non-hydrogen) atoms. The number of carbonyl (C=O) groups excluding carboxylic acids is 1. The normalized spacial score (nSPS) is 12.1. The number of carbonyl (C=O) groups is 1. The molecule has 0 heterocycles. The van der Waals surface area contributed by atoms with Gasteiger partial charge in [-0.15, -0.1) is 0 Å². The van der Waals surface area contributed by atoms with Gasteiger partial charge in [-0.3, -0.25) is 4.79 Å². The first kappa shape index (κ1) is 15.5. The van der Waals surface area contributed by atoms with Gasteiger partial charge in [0.1, 0.15) is 5.75 Å². The molecule has 0 aliphatic carbocycles. The minimum absolute atomic E-state index is 0.0453. The summed E-state index contributed by atoms with van der Waals surface area (Å²) in [5.41, 5.74) is 3.34. The van der Waals surface area contributed by atoms with Crippen LogP contribution in [0.4, 0.5) is 0 Å². The van der Waals surface area contributed by atoms with Crippen molar-refractivity contribution in [3.63, 3.8) is 0 Å². The standard InChI is InChI=1S/C15H24N2O2/c1-10-8-11(2)15(13(9-10)19-5)12(3)17-14(18)6-7-16-4/h8-9,12,16H,6-7H2,1-5H3,(H,17,18). The second kappa shape index (κ2) is 7.14. The van der Waals surface area contributed by atoms with E-state index in [0.717, 1.165) is 22.4 Å². The van der Waals surface area contributed by atoms with Gasteiger partial charge in [0.15, 0.2) is 0 Å². The first-order valence-corrected chi connectivity index (χ1v) is 6.58. The van der Waals surface area contributed by atoms with E-state index in [-0.39, 0.29) is 11.9 Å². The summed E-state index contributed by atoms with van der Waals surface area (Å²) in [5, 5.41) is 5.97. The number of rotatable bonds is 6. The topological polar surface area (TPSA) is 50.4 Å². The molecule has 4 nitrogen and oxygen atoms in total. The second-order valence-electron chi connectivity index (χ2n) is 4.84. The zero-order valence-corrected chi connectivity index (χ0v) is 12.5. The van der Waals surface area contributed by atoms with E-state index in [1.54, 1.807) is 7.11 Å². The Hall–Kier alpha value is -1.55. The highest BCUT2D eigenvalue weighted by atomic mass is 16.5. The van der Waals surface area contributed by atoms with Gasteiger partial charge in [-0.25, -0.2) is 0 Å². The summed E-state index contributed by atoms with van der Waals surface area (Å²) in [7, 11) is 3.50. The molecule has 0 saturated carbocycles. The van der Waals surface area contributed by atoms with Gasteiger partial charge in [-0.05, 0) is 45.0 Å². The van der Waals surface area contributed by atoms with Gasteiger partial charge in [0.05, 0.1) is 13.2 Å². The van der Waals surface area contributed by atoms with Gasteiger partial charge in [0.25, 0.3) is 0 Å². The molecule has 0 aliphatic rings. The van der Waals surface area contributed by atoms with Crippen LogP contribution in [-0.4, -0.2) is 26.6 Å². The van der Waals surface area contributed by atoms with Crippen LogP contribution in [0.15, 0.2) is 12.1 Å². The molecule has 1 amide bonds. The molecule has 0 fully saturated rings. The maximum atomic E-state index is 11.8. The lowest BCUT2D eigenvalue weighted by Gasteiger charge is -2.20. The van der Waals surface area contributed by atoms with Crippen molar-refractivity contribution in [3.05, 3.63) is 28.8 Å². The van der Waals surface area contributed by atoms with E-state index in [1.165, 1.54) is 0 Å². The Bertz CT molecular complexity index is 444. The van der Waals surface area contributed by atoms with Gasteiger partial charge in [-0.1, -0.05) is 6.07 Å². The van der Waals surface area contributed by atoms with Crippen LogP contribution < -0.4 is 15.4 Å². The van der Waals surface area contributed by atoms with Crippen molar-refractivity contribution in [2.75, 3.05) is 20.7 Å². The highest BCUT2D eigenvalue weighted by Crippen LogP contribution is 2.29. The van der Waals surface area contributed by atoms with Crippen molar-refractivity contribution in [3.8, 4) is 5.75 Å². The lowest BCUT2D eigenvalue weighted by atomic mass is 9.98. The number of aryl methyl sites for hydroxylation is 2. The predicted molar refractivity (Wildman–Crippen MR) is 77.6 cm³/mol. The van der Waals surface area contributed by atoms with Gasteiger partial charge in [-0.2, -0.15) is 0 Å². The summed E-state index contributed by atoms with van der Waals surface area (Å²) in [5.74, 6) is 0.878. The number of hydrogen-bond acceptors (Lipinski definition) is 3. The number of nitrogens with one attached hydrogen (secondary N) is 2. The molecule has 4 heteroatoms. The molecule has 0 saturated heterocycles. The summed E-state index contributed by atoms with van der Waals surface area (Å²) in [6, 6.07) is 4.05. The Labute approximate surface area is 115 Å². The fraction of sp³-hybridized carbons (Fsp3) is 0.533. The smallest absolute Gasteiger partial charge is 0.221 e. The molecule has 1 unspecified atom stereocenters. The van der Waals surface area contributed by atoms with Crippen LogP contribution in [-0.2, 0) is 4.79 Å². The minimum Gasteiger partial charge on any atom is -0.496 e. The van der Waals surface area contributed by atoms with Crippen LogP contribution in [0.5, 0.6) is 5.75 Å². The molecule has 0 radical (unpaired) electrons. The van der Waals surface area contributed by atoms with E-state index in [2.05, 4.69) is 16.7 Å². The number of benzene rings is 1. The molecule has 0 aliphatic heterocycles. The Morgan fingerprint density at radius 3 is 2.63 bits per heavy atom. The number of amides is 1. The summed E-state index contributed by atoms with van der Waals surface area (Å²) in [6.45, 7) is 6.75. The second-order valence-corrected chi connectivity index (χ2v) is 4.84. The van der Waals surface area contributed by atoms with E-state index < -0.39 is 0 Å². The zero-order valence-electron chi connectivity index (χ0n) is 12.5. The largest absolute Gasteiger partial charge is 0.496 e. The number of hydrogen-bond donors (Lipinski definition) is 2. The predicted octanol–water partition coefficient (Wildman–Crippen LogP) is 2.10. The number of methoxy groups -OCH3 is 1. The van der Waals surface area contributed by atoms with E-state index in [4.69, 9.17) is 4.74 Å². The Kier molecular flexibility index (Phi) is 5.83. The van der Waals surface area contributed by atoms with Crippen LogP contribution in [0.3, 0.4) is 0 Å². The van der Waals surface area contributed by atoms with Crippen LogP contribution in [0, 0.1) is 13.8 Å². The molecule has 1 aromatic rings. The molecular weight excluding hydrogens is 240 g/mol. The van der Waals surface area contributed by atoms with Gasteiger partial charge < -0.3 is 15.4 Å². The maximum absolute atomic E-state index is 11.8. The van der Waals surface area contributed by atoms with Gasteiger partial charge in [0, 0.05) is 18.5 Å². The van der Waals surface area contributed by atoms with Crippen LogP contribution in [0.25, 0.3) is 0 Å². The lowest BCUT2D eigenvalue weighted by Crippen LogP contribution is -2.29. The first-order valence-electron chi connectivity index (χ1n) is 6.58. The molecule has 1 aromatic carbocycles. The van der Waals surface area contributed by atoms with E-state index in [1.807, 2.05) is 33.9 Å². The van der Waals surface area contributed by atoms with Crippen molar-refractivity contribution < 1.29 is 9.53 Å². The van der Waals surface area contributed by atoms with Crippen molar-refractivity contribution in [1.82, 2.24) is 10.6 Å². The van der Waals surface area contributed by atoms with Crippen LogP contribution in [0.2, 0.25) is 0 Å². The lowest BCUT2D eigenvalue weighted by molar-refractivity contribution is -0.121. The summed E-state index contributed by atoms with van der Waals surface area (Å²) >= 11 is 0. The summed E-state index contributed by atoms with van der Waals surface area (Å²) < 4.78 is 5.43. The van der Waals surface area contributed by atoms with Crippen LogP contribution >= 0.6 is 0 Å². The third kappa shape index (κ3) is 4.24. The van der Waals surface area contributed by atoms with Crippen molar-refractivity contribution in [1.29, 1.82) is 0 Å². The van der Waals surface area contributed by atoms with Crippen molar-refractivity contribution >= 4 is 5.91 Å². The quantitative estimate of drug-likeness (QED) is 0.827.